The zero-order chi connectivity index (χ0) is 19.2. The molecule has 0 aliphatic rings. The first-order valence-corrected chi connectivity index (χ1v) is 10.3. The lowest BCUT2D eigenvalue weighted by atomic mass is 10.1. The Balaban J connectivity index is 1.76. The number of amides is 1. The second kappa shape index (κ2) is 8.95. The van der Waals surface area contributed by atoms with Gasteiger partial charge in [0.05, 0.1) is 11.9 Å². The van der Waals surface area contributed by atoms with Crippen molar-refractivity contribution in [3.05, 3.63) is 53.8 Å². The highest BCUT2D eigenvalue weighted by atomic mass is 32.1. The molecule has 0 unspecified atom stereocenters. The number of para-hydroxylation sites is 1. The van der Waals surface area contributed by atoms with Crippen molar-refractivity contribution in [2.75, 3.05) is 7.05 Å². The molecule has 0 aliphatic carbocycles. The first kappa shape index (κ1) is 19.3. The van der Waals surface area contributed by atoms with E-state index in [0.717, 1.165) is 41.9 Å². The van der Waals surface area contributed by atoms with Gasteiger partial charge in [-0.25, -0.2) is 9.67 Å². The fourth-order valence-corrected chi connectivity index (χ4v) is 3.97. The van der Waals surface area contributed by atoms with E-state index in [4.69, 9.17) is 0 Å². The standard InChI is InChI=1S/C21H26N4OS/c1-4-9-17(10-5-2)24(3)21(26)19-15-27-20(23-19)16-13-22-25(14-16)18-11-7-6-8-12-18/h6-8,11-15,17H,4-5,9-10H2,1-3H3. The van der Waals surface area contributed by atoms with Crippen molar-refractivity contribution in [3.8, 4) is 16.3 Å². The third-order valence-electron chi connectivity index (χ3n) is 4.69. The van der Waals surface area contributed by atoms with Gasteiger partial charge in [0, 0.05) is 30.2 Å². The van der Waals surface area contributed by atoms with E-state index < -0.39 is 0 Å². The quantitative estimate of drug-likeness (QED) is 0.548. The van der Waals surface area contributed by atoms with Gasteiger partial charge in [-0.1, -0.05) is 44.9 Å². The molecule has 3 aromatic rings. The molecule has 142 valence electrons. The van der Waals surface area contributed by atoms with Gasteiger partial charge >= 0.3 is 0 Å². The molecule has 2 heterocycles. The van der Waals surface area contributed by atoms with E-state index in [9.17, 15) is 4.79 Å². The molecule has 0 bridgehead atoms. The molecule has 0 fully saturated rings. The fourth-order valence-electron chi connectivity index (χ4n) is 3.20. The summed E-state index contributed by atoms with van der Waals surface area (Å²) in [5.74, 6) is -0.000138. The highest BCUT2D eigenvalue weighted by Crippen LogP contribution is 2.25. The van der Waals surface area contributed by atoms with Crippen molar-refractivity contribution >= 4 is 17.2 Å². The predicted octanol–water partition coefficient (Wildman–Crippen LogP) is 5.04. The first-order valence-electron chi connectivity index (χ1n) is 9.47. The summed E-state index contributed by atoms with van der Waals surface area (Å²) in [6.45, 7) is 4.32. The normalized spacial score (nSPS) is 11.1. The van der Waals surface area contributed by atoms with Crippen molar-refractivity contribution in [1.82, 2.24) is 19.7 Å². The van der Waals surface area contributed by atoms with Crippen LogP contribution in [0.3, 0.4) is 0 Å². The number of carbonyl (C=O) groups excluding carboxylic acids is 1. The van der Waals surface area contributed by atoms with Crippen LogP contribution in [0, 0.1) is 0 Å². The van der Waals surface area contributed by atoms with Crippen LogP contribution in [0.5, 0.6) is 0 Å². The van der Waals surface area contributed by atoms with E-state index in [1.54, 1.807) is 6.20 Å². The van der Waals surface area contributed by atoms with Crippen LogP contribution in [-0.4, -0.2) is 38.7 Å². The monoisotopic (exact) mass is 382 g/mol. The summed E-state index contributed by atoms with van der Waals surface area (Å²) >= 11 is 1.48. The molecule has 0 saturated carbocycles. The Bertz CT molecular complexity index is 865. The van der Waals surface area contributed by atoms with Gasteiger partial charge in [-0.15, -0.1) is 11.3 Å². The summed E-state index contributed by atoms with van der Waals surface area (Å²) in [6, 6.07) is 10.2. The minimum absolute atomic E-state index is 0.000138. The molecular formula is C21H26N4OS. The summed E-state index contributed by atoms with van der Waals surface area (Å²) in [6.07, 6.45) is 7.93. The van der Waals surface area contributed by atoms with Gasteiger partial charge in [0.15, 0.2) is 0 Å². The number of benzene rings is 1. The van der Waals surface area contributed by atoms with E-state index in [2.05, 4.69) is 23.9 Å². The third-order valence-corrected chi connectivity index (χ3v) is 5.58. The highest BCUT2D eigenvalue weighted by Gasteiger charge is 2.22. The molecular weight excluding hydrogens is 356 g/mol. The molecule has 0 N–H and O–H groups in total. The smallest absolute Gasteiger partial charge is 0.273 e. The summed E-state index contributed by atoms with van der Waals surface area (Å²) in [7, 11) is 1.89. The van der Waals surface area contributed by atoms with Crippen molar-refractivity contribution < 1.29 is 4.79 Å². The van der Waals surface area contributed by atoms with Crippen LogP contribution in [0.2, 0.25) is 0 Å². The van der Waals surface area contributed by atoms with Crippen LogP contribution in [-0.2, 0) is 0 Å². The molecule has 0 atom stereocenters. The van der Waals surface area contributed by atoms with Gasteiger partial charge < -0.3 is 4.90 Å². The fraction of sp³-hybridized carbons (Fsp3) is 0.381. The molecule has 5 nitrogen and oxygen atoms in total. The number of rotatable bonds is 8. The summed E-state index contributed by atoms with van der Waals surface area (Å²) in [5, 5.41) is 7.08. The zero-order valence-electron chi connectivity index (χ0n) is 16.1. The number of aromatic nitrogens is 3. The average molecular weight is 383 g/mol. The number of hydrogen-bond acceptors (Lipinski definition) is 4. The third kappa shape index (κ3) is 4.45. The van der Waals surface area contributed by atoms with Crippen LogP contribution in [0.1, 0.15) is 50.0 Å². The summed E-state index contributed by atoms with van der Waals surface area (Å²) in [5.41, 5.74) is 2.43. The minimum atomic E-state index is -0.000138. The number of carbonyl (C=O) groups is 1. The summed E-state index contributed by atoms with van der Waals surface area (Å²) < 4.78 is 1.82. The molecule has 27 heavy (non-hydrogen) atoms. The molecule has 3 rings (SSSR count). The van der Waals surface area contributed by atoms with E-state index in [-0.39, 0.29) is 11.9 Å². The van der Waals surface area contributed by atoms with Crippen molar-refractivity contribution in [1.29, 1.82) is 0 Å². The Morgan fingerprint density at radius 3 is 2.56 bits per heavy atom. The van der Waals surface area contributed by atoms with Gasteiger partial charge in [0.1, 0.15) is 10.7 Å². The molecule has 1 amide bonds. The van der Waals surface area contributed by atoms with Crippen LogP contribution < -0.4 is 0 Å². The lowest BCUT2D eigenvalue weighted by molar-refractivity contribution is 0.0709. The molecule has 0 spiro atoms. The largest absolute Gasteiger partial charge is 0.337 e. The Morgan fingerprint density at radius 1 is 1.19 bits per heavy atom. The second-order valence-electron chi connectivity index (χ2n) is 6.69. The van der Waals surface area contributed by atoms with Crippen LogP contribution in [0.15, 0.2) is 48.1 Å². The first-order chi connectivity index (χ1) is 13.1. The maximum Gasteiger partial charge on any atom is 0.273 e. The van der Waals surface area contributed by atoms with E-state index in [1.165, 1.54) is 11.3 Å². The summed E-state index contributed by atoms with van der Waals surface area (Å²) in [4.78, 5) is 19.3. The molecule has 0 aliphatic heterocycles. The average Bonchev–Trinajstić information content (AvgIpc) is 3.37. The van der Waals surface area contributed by atoms with E-state index in [1.807, 2.05) is 58.5 Å². The van der Waals surface area contributed by atoms with Gasteiger partial charge in [0.2, 0.25) is 0 Å². The van der Waals surface area contributed by atoms with Gasteiger partial charge in [0.25, 0.3) is 5.91 Å². The lowest BCUT2D eigenvalue weighted by Crippen LogP contribution is -2.37. The molecule has 0 radical (unpaired) electrons. The Morgan fingerprint density at radius 2 is 1.89 bits per heavy atom. The zero-order valence-corrected chi connectivity index (χ0v) is 16.9. The van der Waals surface area contributed by atoms with Crippen LogP contribution in [0.4, 0.5) is 0 Å². The van der Waals surface area contributed by atoms with Gasteiger partial charge in [-0.05, 0) is 25.0 Å². The SMILES string of the molecule is CCCC(CCC)N(C)C(=O)c1csc(-c2cnn(-c3ccccc3)c2)n1. The number of thiazole rings is 1. The number of nitrogens with zero attached hydrogens (tertiary/aromatic N) is 4. The van der Waals surface area contributed by atoms with Crippen LogP contribution >= 0.6 is 11.3 Å². The minimum Gasteiger partial charge on any atom is -0.337 e. The highest BCUT2D eigenvalue weighted by molar-refractivity contribution is 7.13. The molecule has 2 aromatic heterocycles. The topological polar surface area (TPSA) is 51.0 Å². The van der Waals surface area contributed by atoms with Gasteiger partial charge in [-0.2, -0.15) is 5.10 Å². The van der Waals surface area contributed by atoms with E-state index >= 15 is 0 Å². The Kier molecular flexibility index (Phi) is 6.40. The molecule has 1 aromatic carbocycles. The Labute approximate surface area is 164 Å². The predicted molar refractivity (Wildman–Crippen MR) is 110 cm³/mol. The maximum absolute atomic E-state index is 12.9. The molecule has 0 saturated heterocycles. The molecule has 6 heteroatoms. The second-order valence-corrected chi connectivity index (χ2v) is 7.55. The van der Waals surface area contributed by atoms with E-state index in [0.29, 0.717) is 5.69 Å². The van der Waals surface area contributed by atoms with Crippen molar-refractivity contribution in [2.24, 2.45) is 0 Å². The van der Waals surface area contributed by atoms with Gasteiger partial charge in [-0.3, -0.25) is 4.79 Å². The van der Waals surface area contributed by atoms with Crippen molar-refractivity contribution in [2.45, 2.75) is 45.6 Å². The number of hydrogen-bond donors (Lipinski definition) is 0. The maximum atomic E-state index is 12.9. The van der Waals surface area contributed by atoms with Crippen molar-refractivity contribution in [3.63, 3.8) is 0 Å². The Hall–Kier alpha value is -2.47. The lowest BCUT2D eigenvalue weighted by Gasteiger charge is -2.27. The van der Waals surface area contributed by atoms with Crippen LogP contribution in [0.25, 0.3) is 16.3 Å².